The summed E-state index contributed by atoms with van der Waals surface area (Å²) < 4.78 is 9.80. The fourth-order valence-electron chi connectivity index (χ4n) is 2.73. The highest BCUT2D eigenvalue weighted by Gasteiger charge is 2.22. The average molecular weight is 399 g/mol. The molecule has 0 aliphatic heterocycles. The SMILES string of the molecule is COCCNC(=N)/N=C(\N)NC1CCC(N/C(N)=N/C(=N)NCCOC)CC1. The molecule has 28 heavy (non-hydrogen) atoms. The van der Waals surface area contributed by atoms with Crippen molar-refractivity contribution in [2.75, 3.05) is 40.5 Å². The summed E-state index contributed by atoms with van der Waals surface area (Å²) in [5, 5.41) is 27.3. The third-order valence-corrected chi connectivity index (χ3v) is 4.09. The zero-order chi connectivity index (χ0) is 20.8. The minimum Gasteiger partial charge on any atom is -0.383 e. The van der Waals surface area contributed by atoms with E-state index in [2.05, 4.69) is 31.3 Å². The van der Waals surface area contributed by atoms with Crippen LogP contribution in [0.2, 0.25) is 0 Å². The number of methoxy groups -OCH3 is 2. The standard InChI is InChI=1S/C16H34N10O2/c1-27-9-7-21-13(17)25-15(19)23-11-3-5-12(6-4-11)24-16(20)26-14(18)22-8-10-28-2/h11-12H,3-10H2,1-2H3,(H5,17,19,21,23,25)(H5,18,20,22,24,26). The maximum atomic E-state index is 7.69. The van der Waals surface area contributed by atoms with Crippen LogP contribution in [0.3, 0.4) is 0 Å². The third kappa shape index (κ3) is 10.5. The molecule has 0 aromatic rings. The number of hydrogen-bond acceptors (Lipinski definition) is 4. The lowest BCUT2D eigenvalue weighted by Crippen LogP contribution is -2.48. The molecule has 1 aliphatic carbocycles. The van der Waals surface area contributed by atoms with Crippen molar-refractivity contribution in [3.05, 3.63) is 0 Å². The Balaban J connectivity index is 2.30. The second-order valence-electron chi connectivity index (χ2n) is 6.37. The van der Waals surface area contributed by atoms with Gasteiger partial charge in [0, 0.05) is 39.4 Å². The molecule has 12 nitrogen and oxygen atoms in total. The van der Waals surface area contributed by atoms with Crippen molar-refractivity contribution >= 4 is 23.8 Å². The van der Waals surface area contributed by atoms with Crippen molar-refractivity contribution in [1.29, 1.82) is 10.8 Å². The molecule has 10 N–H and O–H groups in total. The van der Waals surface area contributed by atoms with Crippen molar-refractivity contribution < 1.29 is 9.47 Å². The molecule has 12 heteroatoms. The van der Waals surface area contributed by atoms with Crippen molar-refractivity contribution in [3.63, 3.8) is 0 Å². The summed E-state index contributed by atoms with van der Waals surface area (Å²) in [4.78, 5) is 7.96. The van der Waals surface area contributed by atoms with Gasteiger partial charge in [-0.15, -0.1) is 0 Å². The molecule has 0 unspecified atom stereocenters. The van der Waals surface area contributed by atoms with Gasteiger partial charge in [0.25, 0.3) is 0 Å². The largest absolute Gasteiger partial charge is 0.383 e. The van der Waals surface area contributed by atoms with E-state index in [-0.39, 0.29) is 35.9 Å². The molecule has 1 saturated carbocycles. The quantitative estimate of drug-likeness (QED) is 0.137. The van der Waals surface area contributed by atoms with Gasteiger partial charge in [-0.2, -0.15) is 9.98 Å². The van der Waals surface area contributed by atoms with Crippen molar-refractivity contribution in [1.82, 2.24) is 21.3 Å². The summed E-state index contributed by atoms with van der Waals surface area (Å²) >= 11 is 0. The van der Waals surface area contributed by atoms with Crippen molar-refractivity contribution in [2.45, 2.75) is 37.8 Å². The zero-order valence-corrected chi connectivity index (χ0v) is 16.7. The van der Waals surface area contributed by atoms with Gasteiger partial charge in [0.05, 0.1) is 13.2 Å². The highest BCUT2D eigenvalue weighted by Crippen LogP contribution is 2.18. The zero-order valence-electron chi connectivity index (χ0n) is 16.7. The van der Waals surface area contributed by atoms with Crippen LogP contribution in [0.15, 0.2) is 9.98 Å². The predicted octanol–water partition coefficient (Wildman–Crippen LogP) is -1.55. The first-order valence-corrected chi connectivity index (χ1v) is 9.28. The molecule has 0 aromatic carbocycles. The molecule has 0 aromatic heterocycles. The Morgan fingerprint density at radius 2 is 1.18 bits per heavy atom. The van der Waals surface area contributed by atoms with Gasteiger partial charge in [-0.05, 0) is 25.7 Å². The number of aliphatic imine (C=N–C) groups is 2. The lowest BCUT2D eigenvalue weighted by molar-refractivity contribution is 0.204. The first-order valence-electron chi connectivity index (χ1n) is 9.28. The van der Waals surface area contributed by atoms with Crippen LogP contribution in [-0.4, -0.2) is 76.4 Å². The minimum atomic E-state index is 0.00273. The fourth-order valence-corrected chi connectivity index (χ4v) is 2.73. The van der Waals surface area contributed by atoms with E-state index >= 15 is 0 Å². The van der Waals surface area contributed by atoms with Crippen LogP contribution in [0.5, 0.6) is 0 Å². The van der Waals surface area contributed by atoms with E-state index < -0.39 is 0 Å². The second kappa shape index (κ2) is 13.6. The predicted molar refractivity (Wildman–Crippen MR) is 111 cm³/mol. The van der Waals surface area contributed by atoms with Crippen LogP contribution < -0.4 is 32.7 Å². The summed E-state index contributed by atoms with van der Waals surface area (Å²) in [6.07, 6.45) is 3.54. The average Bonchev–Trinajstić information content (AvgIpc) is 2.63. The monoisotopic (exact) mass is 398 g/mol. The van der Waals surface area contributed by atoms with E-state index in [1.54, 1.807) is 14.2 Å². The van der Waals surface area contributed by atoms with Gasteiger partial charge in [-0.25, -0.2) is 0 Å². The summed E-state index contributed by atoms with van der Waals surface area (Å²) in [5.74, 6) is 0.455. The summed E-state index contributed by atoms with van der Waals surface area (Å²) in [6.45, 7) is 2.01. The van der Waals surface area contributed by atoms with E-state index in [1.807, 2.05) is 0 Å². The first kappa shape index (κ1) is 23.4. The fraction of sp³-hybridized carbons (Fsp3) is 0.750. The molecule has 1 rings (SSSR count). The molecule has 0 bridgehead atoms. The summed E-state index contributed by atoms with van der Waals surface area (Å²) in [7, 11) is 3.19. The molecule has 0 amide bonds. The minimum absolute atomic E-state index is 0.00273. The summed E-state index contributed by atoms with van der Waals surface area (Å²) in [5.41, 5.74) is 11.7. The van der Waals surface area contributed by atoms with E-state index in [0.29, 0.717) is 26.3 Å². The number of nitrogens with zero attached hydrogens (tertiary/aromatic N) is 2. The molecule has 0 atom stereocenters. The van der Waals surface area contributed by atoms with Gasteiger partial charge in [0.1, 0.15) is 0 Å². The van der Waals surface area contributed by atoms with Crippen LogP contribution in [0.25, 0.3) is 0 Å². The maximum absolute atomic E-state index is 7.69. The Morgan fingerprint density at radius 3 is 1.50 bits per heavy atom. The number of nitrogens with one attached hydrogen (secondary N) is 6. The normalized spacial score (nSPS) is 20.4. The molecule has 0 radical (unpaired) electrons. The van der Waals surface area contributed by atoms with E-state index in [0.717, 1.165) is 25.7 Å². The van der Waals surface area contributed by atoms with E-state index in [1.165, 1.54) is 0 Å². The molecule has 1 aliphatic rings. The molecule has 1 fully saturated rings. The molecular weight excluding hydrogens is 364 g/mol. The second-order valence-corrected chi connectivity index (χ2v) is 6.37. The maximum Gasteiger partial charge on any atom is 0.218 e. The Morgan fingerprint density at radius 1 is 0.821 bits per heavy atom. The van der Waals surface area contributed by atoms with Gasteiger partial charge < -0.3 is 42.2 Å². The first-order chi connectivity index (χ1) is 13.4. The van der Waals surface area contributed by atoms with Gasteiger partial charge in [-0.1, -0.05) is 0 Å². The van der Waals surface area contributed by atoms with Crippen molar-refractivity contribution in [2.24, 2.45) is 21.5 Å². The Labute approximate surface area is 165 Å². The van der Waals surface area contributed by atoms with E-state index in [9.17, 15) is 0 Å². The van der Waals surface area contributed by atoms with Crippen LogP contribution in [0.4, 0.5) is 0 Å². The van der Waals surface area contributed by atoms with Gasteiger partial charge in [0.15, 0.2) is 11.9 Å². The Bertz CT molecular complexity index is 496. The van der Waals surface area contributed by atoms with Gasteiger partial charge >= 0.3 is 0 Å². The number of hydrogen-bond donors (Lipinski definition) is 8. The molecule has 0 heterocycles. The van der Waals surface area contributed by atoms with Gasteiger partial charge in [-0.3, -0.25) is 10.8 Å². The lowest BCUT2D eigenvalue weighted by atomic mass is 9.91. The highest BCUT2D eigenvalue weighted by atomic mass is 16.5. The van der Waals surface area contributed by atoms with Crippen LogP contribution in [0.1, 0.15) is 25.7 Å². The Hall–Kier alpha value is -2.60. The third-order valence-electron chi connectivity index (χ3n) is 4.09. The number of guanidine groups is 4. The van der Waals surface area contributed by atoms with E-state index in [4.69, 9.17) is 31.8 Å². The number of ether oxygens (including phenoxy) is 2. The smallest absolute Gasteiger partial charge is 0.218 e. The van der Waals surface area contributed by atoms with Crippen LogP contribution in [-0.2, 0) is 9.47 Å². The topological polar surface area (TPSA) is 191 Å². The Kier molecular flexibility index (Phi) is 11.3. The van der Waals surface area contributed by atoms with Crippen LogP contribution in [0, 0.1) is 10.8 Å². The number of rotatable bonds is 8. The lowest BCUT2D eigenvalue weighted by Gasteiger charge is -2.30. The van der Waals surface area contributed by atoms with Crippen LogP contribution >= 0.6 is 0 Å². The molecule has 160 valence electrons. The van der Waals surface area contributed by atoms with Gasteiger partial charge in [0.2, 0.25) is 11.9 Å². The molecule has 0 saturated heterocycles. The number of nitrogens with two attached hydrogens (primary N) is 2. The van der Waals surface area contributed by atoms with Crippen molar-refractivity contribution in [3.8, 4) is 0 Å². The molecule has 0 spiro atoms. The highest BCUT2D eigenvalue weighted by molar-refractivity contribution is 5.93. The molecular formula is C16H34N10O2. The summed E-state index contributed by atoms with van der Waals surface area (Å²) in [6, 6.07) is 0.390.